The first kappa shape index (κ1) is 14.0. The van der Waals surface area contributed by atoms with Crippen LogP contribution in [0.4, 0.5) is 4.39 Å². The van der Waals surface area contributed by atoms with Gasteiger partial charge in [0.2, 0.25) is 0 Å². The Morgan fingerprint density at radius 3 is 2.80 bits per heavy atom. The van der Waals surface area contributed by atoms with Crippen LogP contribution < -0.4 is 10.1 Å². The van der Waals surface area contributed by atoms with Gasteiger partial charge in [0, 0.05) is 6.54 Å². The molecule has 2 aromatic carbocycles. The molecule has 0 bridgehead atoms. The minimum absolute atomic E-state index is 0.0371. The van der Waals surface area contributed by atoms with Crippen molar-refractivity contribution in [1.82, 2.24) is 5.32 Å². The monoisotopic (exact) mass is 270 g/mol. The Morgan fingerprint density at radius 1 is 1.20 bits per heavy atom. The first-order valence-electron chi connectivity index (χ1n) is 6.28. The number of hydrogen-bond acceptors (Lipinski definition) is 3. The normalized spacial score (nSPS) is 10.1. The summed E-state index contributed by atoms with van der Waals surface area (Å²) in [5.74, 6) is 0.243. The van der Waals surface area contributed by atoms with Gasteiger partial charge in [0.15, 0.2) is 0 Å². The summed E-state index contributed by atoms with van der Waals surface area (Å²) >= 11 is 0. The molecule has 20 heavy (non-hydrogen) atoms. The van der Waals surface area contributed by atoms with Gasteiger partial charge in [-0.15, -0.1) is 0 Å². The van der Waals surface area contributed by atoms with Gasteiger partial charge in [-0.25, -0.2) is 4.39 Å². The lowest BCUT2D eigenvalue weighted by Crippen LogP contribution is -2.05. The van der Waals surface area contributed by atoms with Crippen LogP contribution >= 0.6 is 0 Å². The molecule has 0 aliphatic heterocycles. The maximum Gasteiger partial charge on any atom is 0.140 e. The van der Waals surface area contributed by atoms with E-state index in [2.05, 4.69) is 5.32 Å². The van der Waals surface area contributed by atoms with Gasteiger partial charge in [0.05, 0.1) is 5.56 Å². The third kappa shape index (κ3) is 3.56. The van der Waals surface area contributed by atoms with Crippen molar-refractivity contribution in [3.8, 4) is 11.8 Å². The van der Waals surface area contributed by atoms with Crippen LogP contribution in [-0.4, -0.2) is 7.05 Å². The molecule has 0 fully saturated rings. The number of nitriles is 1. The standard InChI is InChI=1S/C16H15FN2O/c1-19-10-12-3-2-4-15(8-12)20-11-13-5-6-16(17)14(7-13)9-18/h2-8,19H,10-11H2,1H3. The van der Waals surface area contributed by atoms with Crippen LogP contribution in [0.15, 0.2) is 42.5 Å². The van der Waals surface area contributed by atoms with E-state index in [1.165, 1.54) is 12.1 Å². The Morgan fingerprint density at radius 2 is 2.05 bits per heavy atom. The van der Waals surface area contributed by atoms with Gasteiger partial charge in [-0.1, -0.05) is 18.2 Å². The highest BCUT2D eigenvalue weighted by atomic mass is 19.1. The predicted molar refractivity (Wildman–Crippen MR) is 74.7 cm³/mol. The number of nitrogens with zero attached hydrogens (tertiary/aromatic N) is 1. The van der Waals surface area contributed by atoms with Crippen LogP contribution in [0.5, 0.6) is 5.75 Å². The van der Waals surface area contributed by atoms with Crippen molar-refractivity contribution >= 4 is 0 Å². The zero-order valence-electron chi connectivity index (χ0n) is 11.2. The Hall–Kier alpha value is -2.38. The number of rotatable bonds is 5. The molecule has 2 rings (SSSR count). The van der Waals surface area contributed by atoms with E-state index < -0.39 is 5.82 Å². The number of halogens is 1. The van der Waals surface area contributed by atoms with Gasteiger partial charge < -0.3 is 10.1 Å². The van der Waals surface area contributed by atoms with Crippen LogP contribution in [0.3, 0.4) is 0 Å². The molecule has 0 aliphatic carbocycles. The molecule has 0 heterocycles. The van der Waals surface area contributed by atoms with Crippen LogP contribution in [0.25, 0.3) is 0 Å². The molecule has 0 saturated carbocycles. The third-order valence-corrected chi connectivity index (χ3v) is 2.84. The molecular weight excluding hydrogens is 255 g/mol. The first-order chi connectivity index (χ1) is 9.72. The average molecular weight is 270 g/mol. The number of nitrogens with one attached hydrogen (secondary N) is 1. The molecule has 0 radical (unpaired) electrons. The molecule has 0 aromatic heterocycles. The minimum Gasteiger partial charge on any atom is -0.489 e. The van der Waals surface area contributed by atoms with Crippen molar-refractivity contribution in [2.45, 2.75) is 13.2 Å². The molecular formula is C16H15FN2O. The predicted octanol–water partition coefficient (Wildman–Crippen LogP) is 3.00. The van der Waals surface area contributed by atoms with Gasteiger partial charge in [-0.3, -0.25) is 0 Å². The van der Waals surface area contributed by atoms with E-state index >= 15 is 0 Å². The molecule has 0 spiro atoms. The first-order valence-corrected chi connectivity index (χ1v) is 6.28. The van der Waals surface area contributed by atoms with Crippen molar-refractivity contribution < 1.29 is 9.13 Å². The highest BCUT2D eigenvalue weighted by Gasteiger charge is 2.03. The Kier molecular flexibility index (Phi) is 4.70. The van der Waals surface area contributed by atoms with Crippen molar-refractivity contribution in [3.63, 3.8) is 0 Å². The maximum atomic E-state index is 13.2. The van der Waals surface area contributed by atoms with E-state index in [-0.39, 0.29) is 5.56 Å². The second-order valence-corrected chi connectivity index (χ2v) is 4.39. The molecule has 0 aliphatic rings. The molecule has 0 unspecified atom stereocenters. The lowest BCUT2D eigenvalue weighted by molar-refractivity contribution is 0.305. The van der Waals surface area contributed by atoms with Gasteiger partial charge in [0.1, 0.15) is 24.2 Å². The summed E-state index contributed by atoms with van der Waals surface area (Å²) in [6, 6.07) is 14.0. The summed E-state index contributed by atoms with van der Waals surface area (Å²) in [6.45, 7) is 1.07. The molecule has 3 nitrogen and oxygen atoms in total. The molecule has 0 amide bonds. The van der Waals surface area contributed by atoms with Crippen LogP contribution in [0.1, 0.15) is 16.7 Å². The fraction of sp³-hybridized carbons (Fsp3) is 0.188. The van der Waals surface area contributed by atoms with E-state index in [0.717, 1.165) is 23.4 Å². The molecule has 2 aromatic rings. The SMILES string of the molecule is CNCc1cccc(OCc2ccc(F)c(C#N)c2)c1. The van der Waals surface area contributed by atoms with Crippen molar-refractivity contribution in [1.29, 1.82) is 5.26 Å². The van der Waals surface area contributed by atoms with Crippen LogP contribution in [-0.2, 0) is 13.2 Å². The molecule has 4 heteroatoms. The zero-order valence-corrected chi connectivity index (χ0v) is 11.2. The van der Waals surface area contributed by atoms with Gasteiger partial charge in [-0.2, -0.15) is 5.26 Å². The smallest absolute Gasteiger partial charge is 0.140 e. The molecule has 1 N–H and O–H groups in total. The van der Waals surface area contributed by atoms with E-state index in [1.807, 2.05) is 37.4 Å². The Bertz CT molecular complexity index is 635. The highest BCUT2D eigenvalue weighted by molar-refractivity contribution is 5.34. The molecule has 0 atom stereocenters. The second kappa shape index (κ2) is 6.69. The topological polar surface area (TPSA) is 45.0 Å². The fourth-order valence-corrected chi connectivity index (χ4v) is 1.86. The number of benzene rings is 2. The highest BCUT2D eigenvalue weighted by Crippen LogP contribution is 2.16. The minimum atomic E-state index is -0.507. The largest absolute Gasteiger partial charge is 0.489 e. The van der Waals surface area contributed by atoms with Gasteiger partial charge in [0.25, 0.3) is 0 Å². The lowest BCUT2D eigenvalue weighted by atomic mass is 10.1. The average Bonchev–Trinajstić information content (AvgIpc) is 2.47. The summed E-state index contributed by atoms with van der Waals surface area (Å²) in [4.78, 5) is 0. The van der Waals surface area contributed by atoms with Crippen molar-refractivity contribution in [3.05, 3.63) is 65.0 Å². The van der Waals surface area contributed by atoms with E-state index in [1.54, 1.807) is 6.07 Å². The second-order valence-electron chi connectivity index (χ2n) is 4.39. The summed E-state index contributed by atoms with van der Waals surface area (Å²) in [5.41, 5.74) is 1.93. The van der Waals surface area contributed by atoms with Gasteiger partial charge in [-0.05, 0) is 42.4 Å². The van der Waals surface area contributed by atoms with Gasteiger partial charge >= 0.3 is 0 Å². The molecule has 102 valence electrons. The summed E-state index contributed by atoms with van der Waals surface area (Å²) in [5, 5.41) is 11.9. The maximum absolute atomic E-state index is 13.2. The van der Waals surface area contributed by atoms with E-state index in [9.17, 15) is 4.39 Å². The lowest BCUT2D eigenvalue weighted by Gasteiger charge is -2.08. The van der Waals surface area contributed by atoms with Crippen LogP contribution in [0.2, 0.25) is 0 Å². The van der Waals surface area contributed by atoms with Crippen molar-refractivity contribution in [2.24, 2.45) is 0 Å². The van der Waals surface area contributed by atoms with Crippen molar-refractivity contribution in [2.75, 3.05) is 7.05 Å². The summed E-state index contributed by atoms with van der Waals surface area (Å²) < 4.78 is 18.9. The van der Waals surface area contributed by atoms with Crippen LogP contribution in [0, 0.1) is 17.1 Å². The van der Waals surface area contributed by atoms with E-state index in [4.69, 9.17) is 10.00 Å². The quantitative estimate of drug-likeness (QED) is 0.908. The fourth-order valence-electron chi connectivity index (χ4n) is 1.86. The number of ether oxygens (including phenoxy) is 1. The third-order valence-electron chi connectivity index (χ3n) is 2.84. The Balaban J connectivity index is 2.05. The number of hydrogen-bond donors (Lipinski definition) is 1. The summed E-state index contributed by atoms with van der Waals surface area (Å²) in [6.07, 6.45) is 0. The molecule has 0 saturated heterocycles. The van der Waals surface area contributed by atoms with E-state index in [0.29, 0.717) is 6.61 Å². The summed E-state index contributed by atoms with van der Waals surface area (Å²) in [7, 11) is 1.88. The zero-order chi connectivity index (χ0) is 14.4. The Labute approximate surface area is 117 Å².